The molecule has 0 N–H and O–H groups in total. The normalized spacial score (nSPS) is 10.7. The fraction of sp³-hybridized carbons (Fsp3) is 0.316. The van der Waals surface area contributed by atoms with Crippen LogP contribution in [0.1, 0.15) is 17.5 Å². The van der Waals surface area contributed by atoms with Crippen LogP contribution in [0.5, 0.6) is 11.5 Å². The number of aromatic nitrogens is 4. The van der Waals surface area contributed by atoms with Gasteiger partial charge in [0.1, 0.15) is 17.2 Å². The third kappa shape index (κ3) is 4.35. The molecule has 1 aromatic heterocycles. The summed E-state index contributed by atoms with van der Waals surface area (Å²) in [4.78, 5) is 0. The maximum atomic E-state index is 5.82. The van der Waals surface area contributed by atoms with Gasteiger partial charge in [0.25, 0.3) is 0 Å². The molecular weight excluding hydrogens is 348 g/mol. The van der Waals surface area contributed by atoms with E-state index in [0.29, 0.717) is 6.61 Å². The van der Waals surface area contributed by atoms with Gasteiger partial charge in [0.2, 0.25) is 5.16 Å². The second-order valence-corrected chi connectivity index (χ2v) is 6.90. The Kier molecular flexibility index (Phi) is 6.12. The maximum Gasteiger partial charge on any atom is 0.214 e. The summed E-state index contributed by atoms with van der Waals surface area (Å²) in [6.45, 7) is 4.85. The quantitative estimate of drug-likeness (QED) is 0.443. The van der Waals surface area contributed by atoms with Crippen molar-refractivity contribution < 1.29 is 9.47 Å². The number of thioether (sulfide) groups is 1. The average molecular weight is 370 g/mol. The molecule has 0 unspecified atom stereocenters. The SMILES string of the molecule is COc1ccccc1-n1nnnc1SCCCOc1ccc(C)c(C)c1. The van der Waals surface area contributed by atoms with Crippen molar-refractivity contribution in [1.29, 1.82) is 0 Å². The summed E-state index contributed by atoms with van der Waals surface area (Å²) in [7, 11) is 1.64. The molecule has 0 amide bonds. The summed E-state index contributed by atoms with van der Waals surface area (Å²) in [5.74, 6) is 2.51. The minimum Gasteiger partial charge on any atom is -0.494 e. The Morgan fingerprint density at radius 2 is 1.92 bits per heavy atom. The molecule has 0 radical (unpaired) electrons. The van der Waals surface area contributed by atoms with Crippen LogP contribution in [-0.2, 0) is 0 Å². The molecule has 0 atom stereocenters. The third-order valence-corrected chi connectivity index (χ3v) is 5.03. The first-order valence-electron chi connectivity index (χ1n) is 8.43. The van der Waals surface area contributed by atoms with Gasteiger partial charge in [0.15, 0.2) is 0 Å². The molecule has 3 rings (SSSR count). The van der Waals surface area contributed by atoms with Crippen molar-refractivity contribution in [2.45, 2.75) is 25.4 Å². The Labute approximate surface area is 157 Å². The van der Waals surface area contributed by atoms with Gasteiger partial charge in [-0.05, 0) is 66.1 Å². The standard InChI is InChI=1S/C19H22N4O2S/c1-14-9-10-16(13-15(14)2)25-11-6-12-26-19-20-21-22-23(19)17-7-4-5-8-18(17)24-3/h4-5,7-10,13H,6,11-12H2,1-3H3. The molecule has 2 aromatic carbocycles. The first-order chi connectivity index (χ1) is 12.7. The topological polar surface area (TPSA) is 62.1 Å². The van der Waals surface area contributed by atoms with Crippen molar-refractivity contribution >= 4 is 11.8 Å². The van der Waals surface area contributed by atoms with E-state index in [1.54, 1.807) is 23.6 Å². The molecular formula is C19H22N4O2S. The highest BCUT2D eigenvalue weighted by molar-refractivity contribution is 7.99. The Hall–Kier alpha value is -2.54. The summed E-state index contributed by atoms with van der Waals surface area (Å²) < 4.78 is 12.9. The predicted molar refractivity (Wildman–Crippen MR) is 102 cm³/mol. The maximum absolute atomic E-state index is 5.82. The molecule has 26 heavy (non-hydrogen) atoms. The monoisotopic (exact) mass is 370 g/mol. The molecule has 0 aliphatic rings. The smallest absolute Gasteiger partial charge is 0.214 e. The van der Waals surface area contributed by atoms with Gasteiger partial charge >= 0.3 is 0 Å². The molecule has 136 valence electrons. The van der Waals surface area contributed by atoms with Crippen LogP contribution in [0.25, 0.3) is 5.69 Å². The second kappa shape index (κ2) is 8.71. The summed E-state index contributed by atoms with van der Waals surface area (Å²) in [6.07, 6.45) is 0.899. The predicted octanol–water partition coefficient (Wildman–Crippen LogP) is 3.85. The van der Waals surface area contributed by atoms with E-state index in [2.05, 4.69) is 41.5 Å². The lowest BCUT2D eigenvalue weighted by atomic mass is 10.1. The van der Waals surface area contributed by atoms with E-state index in [9.17, 15) is 0 Å². The summed E-state index contributed by atoms with van der Waals surface area (Å²) in [5.41, 5.74) is 3.35. The first kappa shape index (κ1) is 18.3. The summed E-state index contributed by atoms with van der Waals surface area (Å²) >= 11 is 1.60. The van der Waals surface area contributed by atoms with Gasteiger partial charge in [-0.2, -0.15) is 4.68 Å². The van der Waals surface area contributed by atoms with Gasteiger partial charge < -0.3 is 9.47 Å². The van der Waals surface area contributed by atoms with Gasteiger partial charge in [-0.15, -0.1) is 5.10 Å². The zero-order chi connectivity index (χ0) is 18.4. The van der Waals surface area contributed by atoms with Gasteiger partial charge in [0, 0.05) is 5.75 Å². The van der Waals surface area contributed by atoms with E-state index in [-0.39, 0.29) is 0 Å². The van der Waals surface area contributed by atoms with Crippen molar-refractivity contribution in [3.8, 4) is 17.2 Å². The molecule has 6 nitrogen and oxygen atoms in total. The van der Waals surface area contributed by atoms with Crippen molar-refractivity contribution in [3.63, 3.8) is 0 Å². The highest BCUT2D eigenvalue weighted by Gasteiger charge is 2.12. The number of para-hydroxylation sites is 2. The Balaban J connectivity index is 1.53. The van der Waals surface area contributed by atoms with Gasteiger partial charge in [-0.25, -0.2) is 0 Å². The lowest BCUT2D eigenvalue weighted by Gasteiger charge is -2.09. The Morgan fingerprint density at radius 3 is 2.73 bits per heavy atom. The number of benzene rings is 2. The summed E-state index contributed by atoms with van der Waals surface area (Å²) in [5, 5.41) is 12.7. The van der Waals surface area contributed by atoms with Gasteiger partial charge in [0.05, 0.1) is 13.7 Å². The van der Waals surface area contributed by atoms with E-state index in [1.807, 2.05) is 30.3 Å². The van der Waals surface area contributed by atoms with Crippen LogP contribution in [0.2, 0.25) is 0 Å². The molecule has 0 fully saturated rings. The Morgan fingerprint density at radius 1 is 1.08 bits per heavy atom. The van der Waals surface area contributed by atoms with E-state index < -0.39 is 0 Å². The third-order valence-electron chi connectivity index (χ3n) is 4.02. The van der Waals surface area contributed by atoms with Crippen LogP contribution in [0.15, 0.2) is 47.6 Å². The number of hydrogen-bond donors (Lipinski definition) is 0. The number of rotatable bonds is 8. The number of aryl methyl sites for hydroxylation is 2. The number of methoxy groups -OCH3 is 1. The molecule has 0 aliphatic carbocycles. The van der Waals surface area contributed by atoms with Crippen molar-refractivity contribution in [3.05, 3.63) is 53.6 Å². The number of ether oxygens (including phenoxy) is 2. The van der Waals surface area contributed by atoms with Crippen LogP contribution in [-0.4, -0.2) is 39.7 Å². The molecule has 0 bridgehead atoms. The highest BCUT2D eigenvalue weighted by Crippen LogP contribution is 2.25. The first-order valence-corrected chi connectivity index (χ1v) is 9.42. The van der Waals surface area contributed by atoms with E-state index in [1.165, 1.54) is 11.1 Å². The van der Waals surface area contributed by atoms with Gasteiger partial charge in [-0.3, -0.25) is 0 Å². The molecule has 3 aromatic rings. The number of tetrazole rings is 1. The lowest BCUT2D eigenvalue weighted by molar-refractivity contribution is 0.318. The van der Waals surface area contributed by atoms with Crippen LogP contribution in [0.4, 0.5) is 0 Å². The molecule has 0 saturated heterocycles. The molecule has 7 heteroatoms. The molecule has 0 aliphatic heterocycles. The summed E-state index contributed by atoms with van der Waals surface area (Å²) in [6, 6.07) is 13.9. The fourth-order valence-electron chi connectivity index (χ4n) is 2.44. The zero-order valence-corrected chi connectivity index (χ0v) is 16.0. The van der Waals surface area contributed by atoms with Crippen LogP contribution < -0.4 is 9.47 Å². The van der Waals surface area contributed by atoms with Gasteiger partial charge in [-0.1, -0.05) is 30.0 Å². The van der Waals surface area contributed by atoms with Crippen molar-refractivity contribution in [2.75, 3.05) is 19.5 Å². The van der Waals surface area contributed by atoms with E-state index in [0.717, 1.165) is 34.5 Å². The van der Waals surface area contributed by atoms with Crippen LogP contribution in [0, 0.1) is 13.8 Å². The Bertz CT molecular complexity index is 866. The van der Waals surface area contributed by atoms with Crippen molar-refractivity contribution in [2.24, 2.45) is 0 Å². The van der Waals surface area contributed by atoms with Crippen molar-refractivity contribution in [1.82, 2.24) is 20.2 Å². The lowest BCUT2D eigenvalue weighted by Crippen LogP contribution is -2.03. The fourth-order valence-corrected chi connectivity index (χ4v) is 3.24. The second-order valence-electron chi connectivity index (χ2n) is 5.84. The largest absolute Gasteiger partial charge is 0.494 e. The highest BCUT2D eigenvalue weighted by atomic mass is 32.2. The van der Waals surface area contributed by atoms with Crippen LogP contribution in [0.3, 0.4) is 0 Å². The molecule has 0 saturated carbocycles. The molecule has 1 heterocycles. The minimum atomic E-state index is 0.658. The zero-order valence-electron chi connectivity index (χ0n) is 15.2. The van der Waals surface area contributed by atoms with E-state index in [4.69, 9.17) is 9.47 Å². The number of hydrogen-bond acceptors (Lipinski definition) is 6. The van der Waals surface area contributed by atoms with E-state index >= 15 is 0 Å². The molecule has 0 spiro atoms. The number of nitrogens with zero attached hydrogens (tertiary/aromatic N) is 4. The van der Waals surface area contributed by atoms with Crippen LogP contribution >= 0.6 is 11.8 Å². The average Bonchev–Trinajstić information content (AvgIpc) is 3.12. The minimum absolute atomic E-state index is 0.658.